The minimum atomic E-state index is -4.75. The lowest BCUT2D eigenvalue weighted by molar-refractivity contribution is -0.161. The highest BCUT2D eigenvalue weighted by molar-refractivity contribution is 7.47. The van der Waals surface area contributed by atoms with Crippen LogP contribution in [-0.2, 0) is 42.2 Å². The number of rotatable bonds is 48. The Bertz CT molecular complexity index is 1340. The predicted molar refractivity (Wildman–Crippen MR) is 270 cm³/mol. The molecular weight excluding hydrogens is 856 g/mol. The van der Waals surface area contributed by atoms with Crippen molar-refractivity contribution in [3.8, 4) is 0 Å². The van der Waals surface area contributed by atoms with E-state index in [1.54, 1.807) is 0 Å². The van der Waals surface area contributed by atoms with Crippen molar-refractivity contribution in [3.05, 3.63) is 60.8 Å². The Balaban J connectivity index is 4.79. The first kappa shape index (κ1) is 63.2. The Hall–Kier alpha value is -2.82. The van der Waals surface area contributed by atoms with Crippen molar-refractivity contribution < 1.29 is 52.2 Å². The SMILES string of the molecule is CC/C=C\C/C=C\C/C=C\CCCCCC(=O)OC(COC(=O)CCCCCCC/C=C\C/C=C\CCCCC)COP(=O)(O)OCC(CO)OC(=O)CCCCCCCCCCCCC. The number of hydrogen-bond acceptors (Lipinski definition) is 10. The van der Waals surface area contributed by atoms with Gasteiger partial charge in [-0.1, -0.05) is 184 Å². The fourth-order valence-electron chi connectivity index (χ4n) is 6.93. The second kappa shape index (κ2) is 48.6. The van der Waals surface area contributed by atoms with E-state index >= 15 is 0 Å². The van der Waals surface area contributed by atoms with Crippen molar-refractivity contribution in [2.75, 3.05) is 26.4 Å². The van der Waals surface area contributed by atoms with Gasteiger partial charge in [-0.3, -0.25) is 23.4 Å². The van der Waals surface area contributed by atoms with Crippen molar-refractivity contribution in [2.24, 2.45) is 0 Å². The third-order valence-corrected chi connectivity index (χ3v) is 11.9. The van der Waals surface area contributed by atoms with Gasteiger partial charge in [0.1, 0.15) is 12.7 Å². The number of carbonyl (C=O) groups excluding carboxylic acids is 3. The third kappa shape index (κ3) is 46.3. The van der Waals surface area contributed by atoms with Crippen LogP contribution in [0.3, 0.4) is 0 Å². The average Bonchev–Trinajstić information content (AvgIpc) is 3.30. The van der Waals surface area contributed by atoms with Crippen LogP contribution in [0.5, 0.6) is 0 Å². The molecule has 0 aromatic carbocycles. The lowest BCUT2D eigenvalue weighted by Crippen LogP contribution is -2.30. The Labute approximate surface area is 402 Å². The molecule has 66 heavy (non-hydrogen) atoms. The molecule has 2 N–H and O–H groups in total. The smallest absolute Gasteiger partial charge is 0.462 e. The standard InChI is InChI=1S/C54H95O11P/c1-4-7-10-13-16-19-22-24-25-27-29-31-34-37-40-43-52(56)61-47-51(65-54(58)45-42-39-36-33-30-26-23-20-17-14-11-8-5-2)49-63-66(59,60)62-48-50(46-55)64-53(57)44-41-38-35-32-28-21-18-15-12-9-6-3/h8,11,16-17,19-20,24-26,30,50-51,55H,4-7,9-10,12-15,18,21-23,27-29,31-49H2,1-3H3,(H,59,60)/b11-8-,19-16-,20-17-,25-24-,30-26-. The first-order valence-electron chi connectivity index (χ1n) is 26.2. The van der Waals surface area contributed by atoms with Crippen LogP contribution in [0.4, 0.5) is 0 Å². The Morgan fingerprint density at radius 3 is 1.26 bits per heavy atom. The number of ether oxygens (including phenoxy) is 3. The summed E-state index contributed by atoms with van der Waals surface area (Å²) in [4.78, 5) is 48.3. The molecule has 11 nitrogen and oxygen atoms in total. The molecule has 0 heterocycles. The number of unbranched alkanes of at least 4 members (excludes halogenated alkanes) is 21. The zero-order valence-corrected chi connectivity index (χ0v) is 42.8. The van der Waals surface area contributed by atoms with Crippen molar-refractivity contribution in [1.82, 2.24) is 0 Å². The van der Waals surface area contributed by atoms with Crippen LogP contribution in [0, 0.1) is 0 Å². The molecule has 382 valence electrons. The van der Waals surface area contributed by atoms with Gasteiger partial charge in [-0.05, 0) is 83.5 Å². The van der Waals surface area contributed by atoms with E-state index in [0.29, 0.717) is 19.3 Å². The number of esters is 3. The van der Waals surface area contributed by atoms with Crippen molar-refractivity contribution in [1.29, 1.82) is 0 Å². The molecule has 0 amide bonds. The van der Waals surface area contributed by atoms with E-state index in [1.165, 1.54) is 64.2 Å². The molecule has 3 unspecified atom stereocenters. The van der Waals surface area contributed by atoms with Gasteiger partial charge in [-0.25, -0.2) is 4.57 Å². The van der Waals surface area contributed by atoms with Gasteiger partial charge in [0.15, 0.2) is 6.10 Å². The maximum absolute atomic E-state index is 12.8. The summed E-state index contributed by atoms with van der Waals surface area (Å²) in [5, 5.41) is 9.76. The molecule has 0 aromatic rings. The number of phosphoric acid groups is 1. The van der Waals surface area contributed by atoms with E-state index in [2.05, 4.69) is 81.5 Å². The Morgan fingerprint density at radius 1 is 0.439 bits per heavy atom. The number of carbonyl (C=O) groups is 3. The van der Waals surface area contributed by atoms with E-state index in [0.717, 1.165) is 103 Å². The molecule has 0 bridgehead atoms. The lowest BCUT2D eigenvalue weighted by atomic mass is 10.1. The Morgan fingerprint density at radius 2 is 0.788 bits per heavy atom. The topological polar surface area (TPSA) is 155 Å². The monoisotopic (exact) mass is 951 g/mol. The lowest BCUT2D eigenvalue weighted by Gasteiger charge is -2.21. The summed E-state index contributed by atoms with van der Waals surface area (Å²) in [5.41, 5.74) is 0. The van der Waals surface area contributed by atoms with E-state index in [-0.39, 0.29) is 25.9 Å². The number of phosphoric ester groups is 1. The van der Waals surface area contributed by atoms with Crippen molar-refractivity contribution >= 4 is 25.7 Å². The van der Waals surface area contributed by atoms with Gasteiger partial charge in [-0.2, -0.15) is 0 Å². The molecule has 0 aliphatic heterocycles. The summed E-state index contributed by atoms with van der Waals surface area (Å²) in [6, 6.07) is 0. The van der Waals surface area contributed by atoms with Crippen LogP contribution in [0.25, 0.3) is 0 Å². The van der Waals surface area contributed by atoms with Crippen LogP contribution >= 0.6 is 7.82 Å². The highest BCUT2D eigenvalue weighted by Gasteiger charge is 2.28. The van der Waals surface area contributed by atoms with Gasteiger partial charge < -0.3 is 24.2 Å². The second-order valence-corrected chi connectivity index (χ2v) is 18.8. The van der Waals surface area contributed by atoms with Gasteiger partial charge >= 0.3 is 25.7 Å². The summed E-state index contributed by atoms with van der Waals surface area (Å²) in [5.74, 6) is -1.51. The maximum Gasteiger partial charge on any atom is 0.472 e. The molecule has 0 aromatic heterocycles. The number of allylic oxidation sites excluding steroid dienone is 10. The van der Waals surface area contributed by atoms with Crippen molar-refractivity contribution in [2.45, 2.75) is 238 Å². The first-order chi connectivity index (χ1) is 32.2. The largest absolute Gasteiger partial charge is 0.472 e. The quantitative estimate of drug-likeness (QED) is 0.0197. The summed E-state index contributed by atoms with van der Waals surface area (Å²) in [6.45, 7) is 4.43. The number of aliphatic hydroxyl groups excluding tert-OH is 1. The van der Waals surface area contributed by atoms with E-state index in [9.17, 15) is 28.9 Å². The van der Waals surface area contributed by atoms with Crippen molar-refractivity contribution in [3.63, 3.8) is 0 Å². The van der Waals surface area contributed by atoms with Gasteiger partial charge in [0.2, 0.25) is 0 Å². The van der Waals surface area contributed by atoms with Gasteiger partial charge in [0.05, 0.1) is 19.8 Å². The third-order valence-electron chi connectivity index (χ3n) is 10.9. The minimum Gasteiger partial charge on any atom is -0.462 e. The molecule has 3 atom stereocenters. The highest BCUT2D eigenvalue weighted by Crippen LogP contribution is 2.43. The van der Waals surface area contributed by atoms with Gasteiger partial charge in [0.25, 0.3) is 0 Å². The van der Waals surface area contributed by atoms with Crippen LogP contribution in [0.1, 0.15) is 226 Å². The molecule has 0 aliphatic carbocycles. The Kier molecular flexibility index (Phi) is 46.6. The van der Waals surface area contributed by atoms with Crippen LogP contribution in [-0.4, -0.2) is 66.5 Å². The molecule has 0 saturated carbocycles. The maximum atomic E-state index is 12.8. The molecule has 0 rings (SSSR count). The van der Waals surface area contributed by atoms with E-state index in [1.807, 2.05) is 0 Å². The molecule has 12 heteroatoms. The zero-order valence-electron chi connectivity index (χ0n) is 41.9. The second-order valence-electron chi connectivity index (χ2n) is 17.3. The zero-order chi connectivity index (χ0) is 48.4. The average molecular weight is 951 g/mol. The van der Waals surface area contributed by atoms with E-state index in [4.69, 9.17) is 23.3 Å². The normalized spacial score (nSPS) is 14.0. The fraction of sp³-hybridized carbons (Fsp3) is 0.759. The van der Waals surface area contributed by atoms with Crippen LogP contribution in [0.15, 0.2) is 60.8 Å². The highest BCUT2D eigenvalue weighted by atomic mass is 31.2. The van der Waals surface area contributed by atoms with Gasteiger partial charge in [0, 0.05) is 19.3 Å². The summed E-state index contributed by atoms with van der Waals surface area (Å²) in [7, 11) is -4.75. The van der Waals surface area contributed by atoms with E-state index < -0.39 is 57.8 Å². The molecule has 0 fully saturated rings. The predicted octanol–water partition coefficient (Wildman–Crippen LogP) is 14.8. The van der Waals surface area contributed by atoms with Crippen LogP contribution in [0.2, 0.25) is 0 Å². The number of aliphatic hydroxyl groups is 1. The molecule has 0 radical (unpaired) electrons. The molecular formula is C54H95O11P. The minimum absolute atomic E-state index is 0.129. The van der Waals surface area contributed by atoms with Gasteiger partial charge in [-0.15, -0.1) is 0 Å². The first-order valence-corrected chi connectivity index (χ1v) is 27.7. The molecule has 0 saturated heterocycles. The summed E-state index contributed by atoms with van der Waals surface area (Å²) < 4.78 is 39.3. The fourth-order valence-corrected chi connectivity index (χ4v) is 7.71. The number of hydrogen-bond donors (Lipinski definition) is 2. The van der Waals surface area contributed by atoms with Crippen LogP contribution < -0.4 is 0 Å². The molecule has 0 spiro atoms. The summed E-state index contributed by atoms with van der Waals surface area (Å²) >= 11 is 0. The summed E-state index contributed by atoms with van der Waals surface area (Å²) in [6.07, 6.45) is 50.5. The molecule has 0 aliphatic rings.